The number of piperidine rings is 1. The Morgan fingerprint density at radius 1 is 1.03 bits per heavy atom. The van der Waals surface area contributed by atoms with E-state index in [9.17, 15) is 9.59 Å². The van der Waals surface area contributed by atoms with Crippen molar-refractivity contribution in [3.8, 4) is 5.75 Å². The first-order chi connectivity index (χ1) is 17.0. The van der Waals surface area contributed by atoms with E-state index in [0.717, 1.165) is 67.7 Å². The smallest absolute Gasteiger partial charge is 0.253 e. The minimum Gasteiger partial charge on any atom is -0.495 e. The second-order valence-corrected chi connectivity index (χ2v) is 9.90. The second kappa shape index (κ2) is 11.5. The van der Waals surface area contributed by atoms with E-state index in [1.807, 2.05) is 54.7 Å². The van der Waals surface area contributed by atoms with Gasteiger partial charge in [-0.25, -0.2) is 0 Å². The number of carbonyl (C=O) groups is 2. The lowest BCUT2D eigenvalue weighted by molar-refractivity contribution is 0.0838. The van der Waals surface area contributed by atoms with Crippen molar-refractivity contribution < 1.29 is 14.3 Å². The fraction of sp³-hybridized carbons (Fsp3) is 0.448. The fourth-order valence-corrected chi connectivity index (χ4v) is 4.96. The molecule has 0 saturated carbocycles. The number of likely N-dealkylation sites (tertiary alicyclic amines) is 1. The van der Waals surface area contributed by atoms with Gasteiger partial charge in [0.15, 0.2) is 5.78 Å². The van der Waals surface area contributed by atoms with E-state index in [2.05, 4.69) is 28.6 Å². The first-order valence-corrected chi connectivity index (χ1v) is 12.7. The van der Waals surface area contributed by atoms with Crippen LogP contribution in [0.15, 0.2) is 54.7 Å². The number of nitrogens with one attached hydrogen (secondary N) is 1. The van der Waals surface area contributed by atoms with E-state index in [4.69, 9.17) is 4.74 Å². The van der Waals surface area contributed by atoms with Gasteiger partial charge in [0.2, 0.25) is 0 Å². The van der Waals surface area contributed by atoms with Crippen LogP contribution in [-0.2, 0) is 6.54 Å². The van der Waals surface area contributed by atoms with E-state index >= 15 is 0 Å². The van der Waals surface area contributed by atoms with E-state index in [1.165, 1.54) is 0 Å². The van der Waals surface area contributed by atoms with Gasteiger partial charge in [0.1, 0.15) is 5.75 Å². The van der Waals surface area contributed by atoms with Crippen LogP contribution in [0.25, 0.3) is 10.9 Å². The fourth-order valence-electron chi connectivity index (χ4n) is 4.96. The van der Waals surface area contributed by atoms with Crippen molar-refractivity contribution in [1.29, 1.82) is 0 Å². The zero-order valence-corrected chi connectivity index (χ0v) is 21.1. The molecule has 0 atom stereocenters. The summed E-state index contributed by atoms with van der Waals surface area (Å²) in [5, 5.41) is 3.97. The molecule has 0 spiro atoms. The van der Waals surface area contributed by atoms with Crippen molar-refractivity contribution in [3.05, 3.63) is 65.9 Å². The molecule has 3 aromatic rings. The molecule has 186 valence electrons. The molecular formula is C29H37N3O3. The van der Waals surface area contributed by atoms with Crippen molar-refractivity contribution >= 4 is 22.6 Å². The maximum Gasteiger partial charge on any atom is 0.253 e. The summed E-state index contributed by atoms with van der Waals surface area (Å²) in [5.41, 5.74) is 2.49. The molecule has 6 heteroatoms. The number of para-hydroxylation sites is 1. The Morgan fingerprint density at radius 3 is 2.46 bits per heavy atom. The van der Waals surface area contributed by atoms with Gasteiger partial charge in [-0.05, 0) is 50.9 Å². The predicted octanol–water partition coefficient (Wildman–Crippen LogP) is 5.02. The van der Waals surface area contributed by atoms with E-state index in [-0.39, 0.29) is 17.6 Å². The lowest BCUT2D eigenvalue weighted by Gasteiger charge is -2.31. The third kappa shape index (κ3) is 5.93. The van der Waals surface area contributed by atoms with Crippen molar-refractivity contribution in [2.45, 2.75) is 39.7 Å². The maximum absolute atomic E-state index is 12.9. The van der Waals surface area contributed by atoms with Gasteiger partial charge >= 0.3 is 0 Å². The first-order valence-electron chi connectivity index (χ1n) is 12.7. The molecule has 1 fully saturated rings. The molecule has 0 unspecified atom stereocenters. The van der Waals surface area contributed by atoms with Gasteiger partial charge in [0.25, 0.3) is 5.91 Å². The van der Waals surface area contributed by atoms with Crippen molar-refractivity contribution in [3.63, 3.8) is 0 Å². The van der Waals surface area contributed by atoms with E-state index in [0.29, 0.717) is 18.0 Å². The molecule has 0 aliphatic carbocycles. The summed E-state index contributed by atoms with van der Waals surface area (Å²) in [6.45, 7) is 8.50. The van der Waals surface area contributed by atoms with Gasteiger partial charge in [-0.1, -0.05) is 56.3 Å². The predicted molar refractivity (Wildman–Crippen MR) is 140 cm³/mol. The molecule has 0 radical (unpaired) electrons. The average molecular weight is 476 g/mol. The second-order valence-electron chi connectivity index (χ2n) is 9.90. The van der Waals surface area contributed by atoms with Crippen LogP contribution in [0.4, 0.5) is 0 Å². The Morgan fingerprint density at radius 2 is 1.77 bits per heavy atom. The van der Waals surface area contributed by atoms with Gasteiger partial charge in [0.05, 0.1) is 18.2 Å². The normalized spacial score (nSPS) is 15.0. The largest absolute Gasteiger partial charge is 0.495 e. The highest BCUT2D eigenvalue weighted by Crippen LogP contribution is 2.30. The van der Waals surface area contributed by atoms with Crippen molar-refractivity contribution in [2.24, 2.45) is 11.8 Å². The summed E-state index contributed by atoms with van der Waals surface area (Å²) < 4.78 is 7.79. The number of aryl methyl sites for hydroxylation is 1. The number of benzene rings is 2. The summed E-state index contributed by atoms with van der Waals surface area (Å²) in [7, 11) is 1.67. The van der Waals surface area contributed by atoms with Crippen LogP contribution in [0.3, 0.4) is 0 Å². The number of hydrogen-bond donors (Lipinski definition) is 1. The minimum absolute atomic E-state index is 0.0409. The zero-order valence-electron chi connectivity index (χ0n) is 21.1. The number of carbonyl (C=O) groups excluding carboxylic acids is 2. The van der Waals surface area contributed by atoms with E-state index < -0.39 is 0 Å². The number of ether oxygens (including phenoxy) is 1. The number of methoxy groups -OCH3 is 1. The Balaban J connectivity index is 1.37. The SMILES string of the molecule is COc1cccc2c(C(=O)NCC(C)C)cn(CCCN3CCC(C(=O)c4ccccc4)CC3)c12. The zero-order chi connectivity index (χ0) is 24.8. The van der Waals surface area contributed by atoms with Crippen LogP contribution in [0, 0.1) is 11.8 Å². The number of aromatic nitrogens is 1. The molecule has 1 aliphatic heterocycles. The lowest BCUT2D eigenvalue weighted by Crippen LogP contribution is -2.37. The summed E-state index contributed by atoms with van der Waals surface area (Å²) >= 11 is 0. The monoisotopic (exact) mass is 475 g/mol. The van der Waals surface area contributed by atoms with Gasteiger partial charge in [0, 0.05) is 36.2 Å². The summed E-state index contributed by atoms with van der Waals surface area (Å²) in [6.07, 6.45) is 4.75. The number of amides is 1. The highest BCUT2D eigenvalue weighted by atomic mass is 16.5. The van der Waals surface area contributed by atoms with Crippen LogP contribution >= 0.6 is 0 Å². The lowest BCUT2D eigenvalue weighted by atomic mass is 9.89. The summed E-state index contributed by atoms with van der Waals surface area (Å²) in [6, 6.07) is 15.5. The molecule has 1 aromatic heterocycles. The molecule has 2 aromatic carbocycles. The molecule has 2 heterocycles. The van der Waals surface area contributed by atoms with Crippen LogP contribution in [0.1, 0.15) is 53.8 Å². The number of fused-ring (bicyclic) bond motifs is 1. The molecule has 6 nitrogen and oxygen atoms in total. The Bertz CT molecular complexity index is 1140. The third-order valence-corrected chi connectivity index (χ3v) is 6.89. The molecule has 1 N–H and O–H groups in total. The number of hydrogen-bond acceptors (Lipinski definition) is 4. The number of nitrogens with zero attached hydrogens (tertiary/aromatic N) is 2. The molecule has 35 heavy (non-hydrogen) atoms. The van der Waals surface area contributed by atoms with Crippen molar-refractivity contribution in [2.75, 3.05) is 33.3 Å². The minimum atomic E-state index is -0.0409. The highest BCUT2D eigenvalue weighted by Gasteiger charge is 2.25. The number of Topliss-reactive ketones (excluding diaryl/α,β-unsaturated/α-hetero) is 1. The van der Waals surface area contributed by atoms with Gasteiger partial charge in [-0.2, -0.15) is 0 Å². The van der Waals surface area contributed by atoms with Crippen molar-refractivity contribution in [1.82, 2.24) is 14.8 Å². The van der Waals surface area contributed by atoms with Gasteiger partial charge in [-0.15, -0.1) is 0 Å². The topological polar surface area (TPSA) is 63.6 Å². The third-order valence-electron chi connectivity index (χ3n) is 6.89. The number of rotatable bonds is 10. The van der Waals surface area contributed by atoms with Gasteiger partial charge in [-0.3, -0.25) is 9.59 Å². The van der Waals surface area contributed by atoms with E-state index in [1.54, 1.807) is 7.11 Å². The number of ketones is 1. The van der Waals surface area contributed by atoms with Crippen LogP contribution < -0.4 is 10.1 Å². The average Bonchev–Trinajstić information content (AvgIpc) is 3.26. The first kappa shape index (κ1) is 25.0. The maximum atomic E-state index is 12.9. The quantitative estimate of drug-likeness (QED) is 0.418. The van der Waals surface area contributed by atoms with Crippen LogP contribution in [-0.4, -0.2) is 54.4 Å². The molecule has 0 bridgehead atoms. The highest BCUT2D eigenvalue weighted by molar-refractivity contribution is 6.08. The standard InChI is InChI=1S/C29H37N3O3/c1-21(2)19-30-29(34)25-20-32(27-24(25)11-7-12-26(27)35-3)16-8-15-31-17-13-23(14-18-31)28(33)22-9-5-4-6-10-22/h4-7,9-12,20-21,23H,8,13-19H2,1-3H3,(H,30,34). The Labute approximate surface area is 208 Å². The molecular weight excluding hydrogens is 438 g/mol. The Kier molecular flexibility index (Phi) is 8.24. The molecule has 1 amide bonds. The van der Waals surface area contributed by atoms with Crippen LogP contribution in [0.2, 0.25) is 0 Å². The summed E-state index contributed by atoms with van der Waals surface area (Å²) in [5.74, 6) is 1.54. The Hall–Kier alpha value is -3.12. The summed E-state index contributed by atoms with van der Waals surface area (Å²) in [4.78, 5) is 28.1. The molecule has 4 rings (SSSR count). The van der Waals surface area contributed by atoms with Crippen LogP contribution in [0.5, 0.6) is 5.75 Å². The van der Waals surface area contributed by atoms with Gasteiger partial charge < -0.3 is 19.5 Å². The molecule has 1 aliphatic rings. The molecule has 1 saturated heterocycles.